The van der Waals surface area contributed by atoms with Crippen molar-refractivity contribution in [1.82, 2.24) is 0 Å². The molecule has 1 unspecified atom stereocenters. The lowest BCUT2D eigenvalue weighted by molar-refractivity contribution is -0.167. The molecule has 6 heteroatoms. The van der Waals surface area contributed by atoms with Gasteiger partial charge in [-0.1, -0.05) is 214 Å². The maximum Gasteiger partial charge on any atom is 0.306 e. The van der Waals surface area contributed by atoms with E-state index in [1.165, 1.54) is 38.5 Å². The maximum atomic E-state index is 12.8. The molecule has 0 saturated carbocycles. The summed E-state index contributed by atoms with van der Waals surface area (Å²) >= 11 is 0. The van der Waals surface area contributed by atoms with Gasteiger partial charge in [0.1, 0.15) is 13.2 Å². The number of hydrogen-bond acceptors (Lipinski definition) is 6. The molecule has 0 aromatic heterocycles. The van der Waals surface area contributed by atoms with Gasteiger partial charge in [0.05, 0.1) is 0 Å². The Balaban J connectivity index is 4.41. The van der Waals surface area contributed by atoms with Gasteiger partial charge in [0.15, 0.2) is 6.10 Å². The molecule has 0 radical (unpaired) electrons. The van der Waals surface area contributed by atoms with Crippen LogP contribution in [-0.2, 0) is 28.6 Å². The third-order valence-electron chi connectivity index (χ3n) is 10.8. The summed E-state index contributed by atoms with van der Waals surface area (Å²) in [6.45, 7) is 6.34. The zero-order valence-corrected chi connectivity index (χ0v) is 42.0. The smallest absolute Gasteiger partial charge is 0.306 e. The second kappa shape index (κ2) is 52.7. The Hall–Kier alpha value is -3.93. The fourth-order valence-electron chi connectivity index (χ4n) is 6.87. The van der Waals surface area contributed by atoms with Gasteiger partial charge in [0.2, 0.25) is 0 Å². The molecule has 0 heterocycles. The number of unbranched alkanes of at least 4 members (excludes halogenated alkanes) is 17. The first-order chi connectivity index (χ1) is 32.0. The van der Waals surface area contributed by atoms with Gasteiger partial charge in [-0.3, -0.25) is 14.4 Å². The zero-order chi connectivity index (χ0) is 47.2. The molecule has 0 saturated heterocycles. The third-order valence-corrected chi connectivity index (χ3v) is 10.8. The summed E-state index contributed by atoms with van der Waals surface area (Å²) in [6.07, 6.45) is 70.7. The van der Waals surface area contributed by atoms with Gasteiger partial charge in [-0.25, -0.2) is 0 Å². The third kappa shape index (κ3) is 50.9. The molecule has 0 rings (SSSR count). The normalized spacial score (nSPS) is 13.0. The molecule has 0 spiro atoms. The number of carbonyl (C=O) groups is 3. The van der Waals surface area contributed by atoms with Gasteiger partial charge >= 0.3 is 17.9 Å². The van der Waals surface area contributed by atoms with E-state index in [0.717, 1.165) is 148 Å². The highest BCUT2D eigenvalue weighted by atomic mass is 16.6. The van der Waals surface area contributed by atoms with E-state index in [0.29, 0.717) is 19.3 Å². The van der Waals surface area contributed by atoms with Crippen molar-refractivity contribution in [3.05, 3.63) is 109 Å². The van der Waals surface area contributed by atoms with Crippen molar-refractivity contribution in [1.29, 1.82) is 0 Å². The second-order valence-corrected chi connectivity index (χ2v) is 17.0. The quantitative estimate of drug-likeness (QED) is 0.0262. The summed E-state index contributed by atoms with van der Waals surface area (Å²) in [4.78, 5) is 37.9. The van der Waals surface area contributed by atoms with Gasteiger partial charge < -0.3 is 14.2 Å². The van der Waals surface area contributed by atoms with E-state index >= 15 is 0 Å². The average Bonchev–Trinajstić information content (AvgIpc) is 3.30. The van der Waals surface area contributed by atoms with Crippen LogP contribution in [0.5, 0.6) is 0 Å². The predicted molar refractivity (Wildman–Crippen MR) is 279 cm³/mol. The Morgan fingerprint density at radius 3 is 0.938 bits per heavy atom. The highest BCUT2D eigenvalue weighted by Gasteiger charge is 2.19. The van der Waals surface area contributed by atoms with Crippen LogP contribution in [-0.4, -0.2) is 37.2 Å². The Morgan fingerprint density at radius 2 is 0.600 bits per heavy atom. The van der Waals surface area contributed by atoms with Crippen molar-refractivity contribution in [2.75, 3.05) is 13.2 Å². The molecular formula is C59H96O6. The van der Waals surface area contributed by atoms with Crippen LogP contribution in [0.15, 0.2) is 109 Å². The van der Waals surface area contributed by atoms with Crippen LogP contribution in [0.3, 0.4) is 0 Å². The SMILES string of the molecule is CC/C=C\C/C=C\C/C=C\C/C=C\C/C=C\CCCCCCCC(=O)OCC(COC(=O)CCCCCCCCCCC)OC(=O)CCCCCC/C=C\C/C=C\C/C=C\C/C=C\CC. The van der Waals surface area contributed by atoms with Gasteiger partial charge in [-0.2, -0.15) is 0 Å². The Labute approximate surface area is 400 Å². The molecule has 0 aromatic carbocycles. The number of rotatable bonds is 46. The molecule has 6 nitrogen and oxygen atoms in total. The molecule has 0 N–H and O–H groups in total. The standard InChI is InChI=1S/C59H96O6/c1-4-7-10-13-16-19-21-23-25-27-28-29-30-32-33-35-37-40-43-46-49-52-58(61)64-55-56(54-63-57(60)51-48-45-42-39-18-15-12-9-6-3)65-59(62)53-50-47-44-41-38-36-34-31-26-24-22-20-17-14-11-8-5-2/h7-8,10-11,16-17,19-20,23-26,28-29,32-34,36,56H,4-6,9,12-15,18,21-22,27,30-31,35,37-55H2,1-3H3/b10-7-,11-8-,19-16-,20-17-,25-23-,26-24-,29-28-,33-32-,36-34-. The van der Waals surface area contributed by atoms with Crippen molar-refractivity contribution < 1.29 is 28.6 Å². The van der Waals surface area contributed by atoms with E-state index in [9.17, 15) is 14.4 Å². The molecule has 0 aliphatic carbocycles. The molecule has 0 aliphatic rings. The number of esters is 3. The molecule has 0 aliphatic heterocycles. The monoisotopic (exact) mass is 901 g/mol. The molecule has 1 atom stereocenters. The topological polar surface area (TPSA) is 78.9 Å². The molecule has 0 bridgehead atoms. The van der Waals surface area contributed by atoms with Crippen LogP contribution in [0.2, 0.25) is 0 Å². The van der Waals surface area contributed by atoms with Gasteiger partial charge in [-0.15, -0.1) is 0 Å². The highest BCUT2D eigenvalue weighted by Crippen LogP contribution is 2.13. The largest absolute Gasteiger partial charge is 0.462 e. The highest BCUT2D eigenvalue weighted by molar-refractivity contribution is 5.71. The van der Waals surface area contributed by atoms with E-state index < -0.39 is 6.10 Å². The second-order valence-electron chi connectivity index (χ2n) is 17.0. The Bertz CT molecular complexity index is 1360. The fourth-order valence-corrected chi connectivity index (χ4v) is 6.87. The van der Waals surface area contributed by atoms with Gasteiger partial charge in [-0.05, 0) is 103 Å². The summed E-state index contributed by atoms with van der Waals surface area (Å²) < 4.78 is 16.7. The van der Waals surface area contributed by atoms with Gasteiger partial charge in [0.25, 0.3) is 0 Å². The van der Waals surface area contributed by atoms with Crippen molar-refractivity contribution in [3.8, 4) is 0 Å². The molecule has 0 fully saturated rings. The predicted octanol–water partition coefficient (Wildman–Crippen LogP) is 17.5. The van der Waals surface area contributed by atoms with Crippen molar-refractivity contribution in [3.63, 3.8) is 0 Å². The van der Waals surface area contributed by atoms with E-state index in [4.69, 9.17) is 14.2 Å². The van der Waals surface area contributed by atoms with Crippen LogP contribution >= 0.6 is 0 Å². The summed E-state index contributed by atoms with van der Waals surface area (Å²) in [5, 5.41) is 0. The van der Waals surface area contributed by atoms with Crippen LogP contribution in [0.1, 0.15) is 226 Å². The summed E-state index contributed by atoms with van der Waals surface area (Å²) in [6, 6.07) is 0. The Kier molecular flexibility index (Phi) is 49.5. The van der Waals surface area contributed by atoms with E-state index in [-0.39, 0.29) is 31.1 Å². The lowest BCUT2D eigenvalue weighted by Crippen LogP contribution is -2.30. The lowest BCUT2D eigenvalue weighted by atomic mass is 10.1. The minimum atomic E-state index is -0.798. The summed E-state index contributed by atoms with van der Waals surface area (Å²) in [5.74, 6) is -0.946. The van der Waals surface area contributed by atoms with Crippen molar-refractivity contribution >= 4 is 17.9 Å². The number of carbonyl (C=O) groups excluding carboxylic acids is 3. The van der Waals surface area contributed by atoms with Crippen LogP contribution in [0.4, 0.5) is 0 Å². The number of hydrogen-bond donors (Lipinski definition) is 0. The van der Waals surface area contributed by atoms with Crippen LogP contribution in [0.25, 0.3) is 0 Å². The zero-order valence-electron chi connectivity index (χ0n) is 42.0. The van der Waals surface area contributed by atoms with Gasteiger partial charge in [0, 0.05) is 19.3 Å². The van der Waals surface area contributed by atoms with E-state index in [1.54, 1.807) is 0 Å². The fraction of sp³-hybridized carbons (Fsp3) is 0.644. The Morgan fingerprint density at radius 1 is 0.323 bits per heavy atom. The van der Waals surface area contributed by atoms with E-state index in [1.807, 2.05) is 0 Å². The number of ether oxygens (including phenoxy) is 3. The van der Waals surface area contributed by atoms with Crippen molar-refractivity contribution in [2.45, 2.75) is 232 Å². The lowest BCUT2D eigenvalue weighted by Gasteiger charge is -2.18. The first kappa shape index (κ1) is 61.1. The molecule has 0 amide bonds. The summed E-state index contributed by atoms with van der Waals surface area (Å²) in [7, 11) is 0. The molecule has 368 valence electrons. The minimum absolute atomic E-state index is 0.0952. The van der Waals surface area contributed by atoms with Crippen LogP contribution < -0.4 is 0 Å². The summed E-state index contributed by atoms with van der Waals surface area (Å²) in [5.41, 5.74) is 0. The van der Waals surface area contributed by atoms with Crippen molar-refractivity contribution in [2.24, 2.45) is 0 Å². The average molecular weight is 901 g/mol. The van der Waals surface area contributed by atoms with E-state index in [2.05, 4.69) is 130 Å². The molecule has 65 heavy (non-hydrogen) atoms. The maximum absolute atomic E-state index is 12.8. The molecular weight excluding hydrogens is 805 g/mol. The first-order valence-corrected chi connectivity index (χ1v) is 26.4. The minimum Gasteiger partial charge on any atom is -0.462 e. The van der Waals surface area contributed by atoms with Crippen LogP contribution in [0, 0.1) is 0 Å². The first-order valence-electron chi connectivity index (χ1n) is 26.4. The number of allylic oxidation sites excluding steroid dienone is 18. The molecule has 0 aromatic rings.